The normalized spacial score (nSPS) is 12.8. The van der Waals surface area contributed by atoms with E-state index in [1.54, 1.807) is 0 Å². The average Bonchev–Trinajstić information content (AvgIpc) is 2.90. The van der Waals surface area contributed by atoms with Gasteiger partial charge in [-0.15, -0.1) is 0 Å². The lowest BCUT2D eigenvalue weighted by atomic mass is 10.0. The number of H-pyrrole nitrogens is 1. The molecular weight excluding hydrogens is 296 g/mol. The van der Waals surface area contributed by atoms with Gasteiger partial charge in [0, 0.05) is 5.02 Å². The standard InChI is InChI=1S/C18H19ClN2O/c1-11(2)14-6-4-5-7-17(14)22-12(3)18-20-15-9-8-13(19)10-16(15)21-18/h4-12H,1-3H3,(H,20,21)/t12-/m0/s1. The fourth-order valence-electron chi connectivity index (χ4n) is 2.51. The Morgan fingerprint density at radius 1 is 1.09 bits per heavy atom. The minimum Gasteiger partial charge on any atom is -0.483 e. The van der Waals surface area contributed by atoms with E-state index in [9.17, 15) is 0 Å². The van der Waals surface area contributed by atoms with Gasteiger partial charge in [-0.1, -0.05) is 43.6 Å². The summed E-state index contributed by atoms with van der Waals surface area (Å²) in [4.78, 5) is 7.87. The third-order valence-corrected chi connectivity index (χ3v) is 3.93. The first-order valence-corrected chi connectivity index (χ1v) is 7.83. The molecule has 3 rings (SSSR count). The number of rotatable bonds is 4. The monoisotopic (exact) mass is 314 g/mol. The molecule has 1 N–H and O–H groups in total. The maximum absolute atomic E-state index is 6.13. The topological polar surface area (TPSA) is 37.9 Å². The predicted octanol–water partition coefficient (Wildman–Crippen LogP) is 5.48. The second kappa shape index (κ2) is 6.01. The Bertz CT molecular complexity index is 795. The highest BCUT2D eigenvalue weighted by atomic mass is 35.5. The number of ether oxygens (including phenoxy) is 1. The van der Waals surface area contributed by atoms with E-state index in [4.69, 9.17) is 16.3 Å². The van der Waals surface area contributed by atoms with Gasteiger partial charge in [-0.2, -0.15) is 0 Å². The Kier molecular flexibility index (Phi) is 4.08. The summed E-state index contributed by atoms with van der Waals surface area (Å²) in [6, 6.07) is 13.8. The van der Waals surface area contributed by atoms with Crippen molar-refractivity contribution in [1.82, 2.24) is 9.97 Å². The first-order valence-electron chi connectivity index (χ1n) is 7.45. The van der Waals surface area contributed by atoms with Crippen LogP contribution in [0.5, 0.6) is 5.75 Å². The summed E-state index contributed by atoms with van der Waals surface area (Å²) >= 11 is 6.01. The van der Waals surface area contributed by atoms with E-state index >= 15 is 0 Å². The van der Waals surface area contributed by atoms with Crippen LogP contribution in [0.2, 0.25) is 5.02 Å². The molecule has 0 radical (unpaired) electrons. The minimum atomic E-state index is -0.161. The largest absolute Gasteiger partial charge is 0.483 e. The summed E-state index contributed by atoms with van der Waals surface area (Å²) in [5, 5.41) is 0.696. The Hall–Kier alpha value is -2.00. The molecule has 0 aliphatic heterocycles. The zero-order valence-corrected chi connectivity index (χ0v) is 13.7. The van der Waals surface area contributed by atoms with Gasteiger partial charge in [0.2, 0.25) is 0 Å². The molecule has 0 fully saturated rings. The molecule has 0 bridgehead atoms. The van der Waals surface area contributed by atoms with Crippen molar-refractivity contribution in [1.29, 1.82) is 0 Å². The summed E-state index contributed by atoms with van der Waals surface area (Å²) < 4.78 is 6.13. The number of aromatic nitrogens is 2. The molecule has 2 aromatic carbocycles. The van der Waals surface area contributed by atoms with Gasteiger partial charge in [0.15, 0.2) is 6.10 Å². The van der Waals surface area contributed by atoms with Crippen LogP contribution in [0.15, 0.2) is 42.5 Å². The molecule has 0 saturated heterocycles. The summed E-state index contributed by atoms with van der Waals surface area (Å²) in [5.74, 6) is 2.12. The van der Waals surface area contributed by atoms with Gasteiger partial charge in [0.1, 0.15) is 11.6 Å². The fourth-order valence-corrected chi connectivity index (χ4v) is 2.68. The van der Waals surface area contributed by atoms with Crippen LogP contribution in [-0.4, -0.2) is 9.97 Å². The lowest BCUT2D eigenvalue weighted by Crippen LogP contribution is -2.07. The van der Waals surface area contributed by atoms with Crippen LogP contribution in [-0.2, 0) is 0 Å². The summed E-state index contributed by atoms with van der Waals surface area (Å²) in [5.41, 5.74) is 3.02. The molecule has 1 aromatic heterocycles. The molecule has 0 spiro atoms. The number of hydrogen-bond acceptors (Lipinski definition) is 2. The van der Waals surface area contributed by atoms with Crippen molar-refractivity contribution in [3.05, 3.63) is 58.9 Å². The van der Waals surface area contributed by atoms with Crippen LogP contribution >= 0.6 is 11.6 Å². The molecule has 114 valence electrons. The lowest BCUT2D eigenvalue weighted by molar-refractivity contribution is 0.215. The predicted molar refractivity (Wildman–Crippen MR) is 90.7 cm³/mol. The average molecular weight is 315 g/mol. The molecule has 0 amide bonds. The van der Waals surface area contributed by atoms with E-state index in [2.05, 4.69) is 29.9 Å². The van der Waals surface area contributed by atoms with E-state index in [1.807, 2.05) is 43.3 Å². The quantitative estimate of drug-likeness (QED) is 0.692. The zero-order valence-electron chi connectivity index (χ0n) is 12.9. The van der Waals surface area contributed by atoms with E-state index in [1.165, 1.54) is 5.56 Å². The Morgan fingerprint density at radius 2 is 1.86 bits per heavy atom. The van der Waals surface area contributed by atoms with Crippen molar-refractivity contribution in [3.63, 3.8) is 0 Å². The third kappa shape index (κ3) is 2.95. The summed E-state index contributed by atoms with van der Waals surface area (Å²) in [6.45, 7) is 6.32. The maximum Gasteiger partial charge on any atom is 0.153 e. The van der Waals surface area contributed by atoms with E-state index < -0.39 is 0 Å². The fraction of sp³-hybridized carbons (Fsp3) is 0.278. The number of nitrogens with one attached hydrogen (secondary N) is 1. The second-order valence-electron chi connectivity index (χ2n) is 5.74. The van der Waals surface area contributed by atoms with Gasteiger partial charge in [-0.05, 0) is 42.7 Å². The van der Waals surface area contributed by atoms with Gasteiger partial charge >= 0.3 is 0 Å². The van der Waals surface area contributed by atoms with Crippen molar-refractivity contribution < 1.29 is 4.74 Å². The molecule has 0 unspecified atom stereocenters. The van der Waals surface area contributed by atoms with Gasteiger partial charge in [0.25, 0.3) is 0 Å². The highest BCUT2D eigenvalue weighted by molar-refractivity contribution is 6.31. The van der Waals surface area contributed by atoms with Crippen molar-refractivity contribution in [3.8, 4) is 5.75 Å². The molecule has 0 aliphatic carbocycles. The number of halogens is 1. The van der Waals surface area contributed by atoms with Gasteiger partial charge < -0.3 is 9.72 Å². The molecule has 0 saturated carbocycles. The number of imidazole rings is 1. The molecule has 0 aliphatic rings. The Labute approximate surface area is 135 Å². The number of aromatic amines is 1. The van der Waals surface area contributed by atoms with Crippen molar-refractivity contribution in [2.45, 2.75) is 32.8 Å². The summed E-state index contributed by atoms with van der Waals surface area (Å²) in [6.07, 6.45) is -0.161. The summed E-state index contributed by atoms with van der Waals surface area (Å²) in [7, 11) is 0. The van der Waals surface area contributed by atoms with Gasteiger partial charge in [0.05, 0.1) is 11.0 Å². The number of para-hydroxylation sites is 1. The zero-order chi connectivity index (χ0) is 15.7. The smallest absolute Gasteiger partial charge is 0.153 e. The first-order chi connectivity index (χ1) is 10.5. The van der Waals surface area contributed by atoms with Crippen molar-refractivity contribution >= 4 is 22.6 Å². The molecular formula is C18H19ClN2O. The highest BCUT2D eigenvalue weighted by Gasteiger charge is 2.15. The number of benzene rings is 2. The Balaban J connectivity index is 1.88. The first kappa shape index (κ1) is 14.9. The molecule has 3 nitrogen and oxygen atoms in total. The molecule has 3 aromatic rings. The molecule has 4 heteroatoms. The van der Waals surface area contributed by atoms with Crippen LogP contribution in [0.3, 0.4) is 0 Å². The van der Waals surface area contributed by atoms with Crippen LogP contribution in [0.1, 0.15) is 44.2 Å². The van der Waals surface area contributed by atoms with Crippen LogP contribution < -0.4 is 4.74 Å². The SMILES string of the molecule is CC(C)c1ccccc1O[C@@H](C)c1nc2ccc(Cl)cc2[nH]1. The Morgan fingerprint density at radius 3 is 2.64 bits per heavy atom. The van der Waals surface area contributed by atoms with Crippen molar-refractivity contribution in [2.24, 2.45) is 0 Å². The van der Waals surface area contributed by atoms with Crippen LogP contribution in [0.4, 0.5) is 0 Å². The van der Waals surface area contributed by atoms with Gasteiger partial charge in [-0.25, -0.2) is 4.98 Å². The highest BCUT2D eigenvalue weighted by Crippen LogP contribution is 2.30. The molecule has 22 heavy (non-hydrogen) atoms. The minimum absolute atomic E-state index is 0.161. The maximum atomic E-state index is 6.13. The number of fused-ring (bicyclic) bond motifs is 1. The molecule has 1 heterocycles. The van der Waals surface area contributed by atoms with E-state index in [0.717, 1.165) is 22.6 Å². The molecule has 1 atom stereocenters. The third-order valence-electron chi connectivity index (χ3n) is 3.69. The number of nitrogens with zero attached hydrogens (tertiary/aromatic N) is 1. The van der Waals surface area contributed by atoms with Crippen molar-refractivity contribution in [2.75, 3.05) is 0 Å². The lowest BCUT2D eigenvalue weighted by Gasteiger charge is -2.17. The van der Waals surface area contributed by atoms with Crippen LogP contribution in [0.25, 0.3) is 11.0 Å². The van der Waals surface area contributed by atoms with E-state index in [0.29, 0.717) is 10.9 Å². The second-order valence-corrected chi connectivity index (χ2v) is 6.17. The van der Waals surface area contributed by atoms with Crippen LogP contribution in [0, 0.1) is 0 Å². The van der Waals surface area contributed by atoms with E-state index in [-0.39, 0.29) is 6.10 Å². The van der Waals surface area contributed by atoms with Gasteiger partial charge in [-0.3, -0.25) is 0 Å². The number of hydrogen-bond donors (Lipinski definition) is 1.